The summed E-state index contributed by atoms with van der Waals surface area (Å²) in [5, 5.41) is 16.1. The molecule has 100 valence electrons. The molecule has 1 aromatic heterocycles. The lowest BCUT2D eigenvalue weighted by molar-refractivity contribution is 0.588. The first-order valence-corrected chi connectivity index (χ1v) is 7.63. The number of nitrogen functional groups attached to an aromatic ring is 1. The number of anilines is 2. The maximum atomic E-state index is 11.1. The van der Waals surface area contributed by atoms with Crippen molar-refractivity contribution in [2.75, 3.05) is 29.6 Å². The molecule has 1 rings (SSSR count). The van der Waals surface area contributed by atoms with E-state index in [1.807, 2.05) is 13.0 Å². The van der Waals surface area contributed by atoms with Crippen LogP contribution >= 0.6 is 0 Å². The number of nitrogens with zero attached hydrogens (tertiary/aromatic N) is 3. The van der Waals surface area contributed by atoms with Crippen molar-refractivity contribution in [3.63, 3.8) is 0 Å². The van der Waals surface area contributed by atoms with Crippen molar-refractivity contribution in [3.8, 4) is 6.07 Å². The number of hydrogen-bond acceptors (Lipinski definition) is 6. The van der Waals surface area contributed by atoms with E-state index in [2.05, 4.69) is 10.4 Å². The van der Waals surface area contributed by atoms with Gasteiger partial charge in [0, 0.05) is 12.8 Å². The van der Waals surface area contributed by atoms with Gasteiger partial charge in [-0.15, -0.1) is 0 Å². The van der Waals surface area contributed by atoms with Crippen molar-refractivity contribution in [2.24, 2.45) is 0 Å². The van der Waals surface area contributed by atoms with Gasteiger partial charge < -0.3 is 11.1 Å². The fourth-order valence-electron chi connectivity index (χ4n) is 1.38. The third kappa shape index (κ3) is 3.63. The minimum Gasteiger partial charge on any atom is -0.383 e. The summed E-state index contributed by atoms with van der Waals surface area (Å²) in [6.07, 6.45) is 2.04. The quantitative estimate of drug-likeness (QED) is 0.764. The molecule has 0 saturated carbocycles. The van der Waals surface area contributed by atoms with Crippen molar-refractivity contribution < 1.29 is 8.42 Å². The highest BCUT2D eigenvalue weighted by Gasteiger charge is 2.15. The van der Waals surface area contributed by atoms with E-state index in [0.717, 1.165) is 12.7 Å². The first-order valence-electron chi connectivity index (χ1n) is 5.57. The van der Waals surface area contributed by atoms with E-state index in [-0.39, 0.29) is 23.7 Å². The smallest absolute Gasteiger partial charge is 0.168 e. The molecule has 0 spiro atoms. The molecule has 3 N–H and O–H groups in total. The Morgan fingerprint density at radius 2 is 2.22 bits per heavy atom. The maximum Gasteiger partial charge on any atom is 0.168 e. The van der Waals surface area contributed by atoms with Crippen LogP contribution in [0.5, 0.6) is 0 Å². The first-order chi connectivity index (χ1) is 8.39. The van der Waals surface area contributed by atoms with E-state index in [1.54, 1.807) is 0 Å². The zero-order valence-corrected chi connectivity index (χ0v) is 11.3. The van der Waals surface area contributed by atoms with Crippen molar-refractivity contribution in [2.45, 2.75) is 19.9 Å². The topological polar surface area (TPSA) is 114 Å². The SMILES string of the molecule is CCCNc1nn(CCS(C)(=O)=O)c(N)c1C#N. The molecular formula is C10H17N5O2S. The minimum atomic E-state index is -3.09. The van der Waals surface area contributed by atoms with Gasteiger partial charge >= 0.3 is 0 Å². The van der Waals surface area contributed by atoms with Gasteiger partial charge in [-0.05, 0) is 6.42 Å². The molecule has 0 aliphatic carbocycles. The summed E-state index contributed by atoms with van der Waals surface area (Å²) in [4.78, 5) is 0. The average Bonchev–Trinajstić information content (AvgIpc) is 2.59. The Morgan fingerprint density at radius 1 is 1.56 bits per heavy atom. The highest BCUT2D eigenvalue weighted by Crippen LogP contribution is 2.20. The second-order valence-electron chi connectivity index (χ2n) is 4.00. The summed E-state index contributed by atoms with van der Waals surface area (Å²) >= 11 is 0. The molecule has 0 bridgehead atoms. The molecule has 7 nitrogen and oxygen atoms in total. The Hall–Kier alpha value is -1.75. The third-order valence-corrected chi connectivity index (χ3v) is 3.24. The highest BCUT2D eigenvalue weighted by molar-refractivity contribution is 7.90. The van der Waals surface area contributed by atoms with E-state index < -0.39 is 9.84 Å². The largest absolute Gasteiger partial charge is 0.383 e. The van der Waals surface area contributed by atoms with Crippen LogP contribution in [0.3, 0.4) is 0 Å². The molecule has 0 fully saturated rings. The molecule has 0 aliphatic rings. The molecule has 0 atom stereocenters. The number of nitriles is 1. The molecule has 0 aromatic carbocycles. The average molecular weight is 271 g/mol. The van der Waals surface area contributed by atoms with Crippen LogP contribution in [-0.4, -0.2) is 36.8 Å². The zero-order chi connectivity index (χ0) is 13.8. The standard InChI is InChI=1S/C10H17N5O2S/c1-3-4-13-10-8(7-11)9(12)15(14-10)5-6-18(2,16)17/h3-6,12H2,1-2H3,(H,13,14). The Kier molecular flexibility index (Phi) is 4.55. The number of rotatable bonds is 6. The molecule has 0 radical (unpaired) electrons. The van der Waals surface area contributed by atoms with Crippen molar-refractivity contribution in [1.29, 1.82) is 5.26 Å². The highest BCUT2D eigenvalue weighted by atomic mass is 32.2. The van der Waals surface area contributed by atoms with Crippen LogP contribution in [0, 0.1) is 11.3 Å². The lowest BCUT2D eigenvalue weighted by Crippen LogP contribution is -2.14. The second kappa shape index (κ2) is 5.73. The van der Waals surface area contributed by atoms with Crippen LogP contribution in [-0.2, 0) is 16.4 Å². The molecule has 1 heterocycles. The van der Waals surface area contributed by atoms with Crippen molar-refractivity contribution in [3.05, 3.63) is 5.56 Å². The zero-order valence-electron chi connectivity index (χ0n) is 10.5. The molecule has 0 amide bonds. The number of nitrogens with one attached hydrogen (secondary N) is 1. The molecule has 0 aliphatic heterocycles. The van der Waals surface area contributed by atoms with E-state index >= 15 is 0 Å². The fraction of sp³-hybridized carbons (Fsp3) is 0.600. The van der Waals surface area contributed by atoms with E-state index in [9.17, 15) is 8.42 Å². The normalized spacial score (nSPS) is 11.2. The van der Waals surface area contributed by atoms with Gasteiger partial charge in [-0.25, -0.2) is 13.1 Å². The predicted octanol–water partition coefficient (Wildman–Crippen LogP) is 0.203. The summed E-state index contributed by atoms with van der Waals surface area (Å²) in [5.74, 6) is 0.543. The minimum absolute atomic E-state index is 0.0586. The maximum absolute atomic E-state index is 11.1. The van der Waals surface area contributed by atoms with Gasteiger partial charge in [-0.2, -0.15) is 10.4 Å². The fourth-order valence-corrected chi connectivity index (χ4v) is 1.88. The molecule has 0 saturated heterocycles. The number of sulfone groups is 1. The number of aryl methyl sites for hydroxylation is 1. The number of hydrogen-bond donors (Lipinski definition) is 2. The van der Waals surface area contributed by atoms with Gasteiger partial charge in [0.2, 0.25) is 0 Å². The summed E-state index contributed by atoms with van der Waals surface area (Å²) < 4.78 is 23.5. The van der Waals surface area contributed by atoms with Gasteiger partial charge in [0.1, 0.15) is 27.3 Å². The number of nitrogens with two attached hydrogens (primary N) is 1. The van der Waals surface area contributed by atoms with Gasteiger partial charge in [0.15, 0.2) is 5.82 Å². The van der Waals surface area contributed by atoms with Crippen molar-refractivity contribution >= 4 is 21.5 Å². The molecule has 8 heteroatoms. The van der Waals surface area contributed by atoms with Gasteiger partial charge in [-0.1, -0.05) is 6.92 Å². The summed E-state index contributed by atoms with van der Waals surface area (Å²) in [5.41, 5.74) is 6.02. The van der Waals surface area contributed by atoms with Gasteiger partial charge in [0.25, 0.3) is 0 Å². The van der Waals surface area contributed by atoms with Crippen molar-refractivity contribution in [1.82, 2.24) is 9.78 Å². The van der Waals surface area contributed by atoms with Crippen LogP contribution in [0.2, 0.25) is 0 Å². The van der Waals surface area contributed by atoms with Crippen LogP contribution in [0.15, 0.2) is 0 Å². The Bertz CT molecular complexity index is 556. The van der Waals surface area contributed by atoms with E-state index in [4.69, 9.17) is 11.0 Å². The molecular weight excluding hydrogens is 254 g/mol. The van der Waals surface area contributed by atoms with Gasteiger partial charge in [0.05, 0.1) is 12.3 Å². The molecule has 0 unspecified atom stereocenters. The summed E-state index contributed by atoms with van der Waals surface area (Å²) in [7, 11) is -3.09. The first kappa shape index (κ1) is 14.3. The third-order valence-electron chi connectivity index (χ3n) is 2.32. The van der Waals surface area contributed by atoms with Crippen LogP contribution in [0.1, 0.15) is 18.9 Å². The lowest BCUT2D eigenvalue weighted by atomic mass is 10.3. The number of aromatic nitrogens is 2. The van der Waals surface area contributed by atoms with Gasteiger partial charge in [-0.3, -0.25) is 0 Å². The Balaban J connectivity index is 2.93. The van der Waals surface area contributed by atoms with Crippen LogP contribution in [0.4, 0.5) is 11.6 Å². The van der Waals surface area contributed by atoms with E-state index in [1.165, 1.54) is 4.68 Å². The second-order valence-corrected chi connectivity index (χ2v) is 6.26. The lowest BCUT2D eigenvalue weighted by Gasteiger charge is -2.02. The van der Waals surface area contributed by atoms with E-state index in [0.29, 0.717) is 12.4 Å². The Morgan fingerprint density at radius 3 is 2.72 bits per heavy atom. The Labute approximate surface area is 107 Å². The summed E-state index contributed by atoms with van der Waals surface area (Å²) in [6, 6.07) is 1.97. The predicted molar refractivity (Wildman–Crippen MR) is 69.8 cm³/mol. The summed E-state index contributed by atoms with van der Waals surface area (Å²) in [6.45, 7) is 2.81. The molecule has 18 heavy (non-hydrogen) atoms. The van der Waals surface area contributed by atoms with Crippen LogP contribution < -0.4 is 11.1 Å². The molecule has 1 aromatic rings. The monoisotopic (exact) mass is 271 g/mol. The van der Waals surface area contributed by atoms with Crippen LogP contribution in [0.25, 0.3) is 0 Å².